The zero-order chi connectivity index (χ0) is 24.4. The Hall–Kier alpha value is -3.73. The quantitative estimate of drug-likeness (QED) is 0.335. The van der Waals surface area contributed by atoms with Crippen molar-refractivity contribution in [2.24, 2.45) is 11.5 Å². The Balaban J connectivity index is 1.46. The van der Waals surface area contributed by atoms with Gasteiger partial charge < -0.3 is 26.6 Å². The van der Waals surface area contributed by atoms with E-state index in [0.717, 1.165) is 22.6 Å². The second-order valence-corrected chi connectivity index (χ2v) is 9.13. The van der Waals surface area contributed by atoms with Crippen LogP contribution in [0.1, 0.15) is 33.0 Å². The van der Waals surface area contributed by atoms with E-state index in [1.165, 1.54) is 11.3 Å². The van der Waals surface area contributed by atoms with Gasteiger partial charge in [-0.15, -0.1) is 11.3 Å². The van der Waals surface area contributed by atoms with Crippen molar-refractivity contribution in [3.8, 4) is 0 Å². The maximum atomic E-state index is 14.8. The van der Waals surface area contributed by atoms with E-state index < -0.39 is 17.5 Å². The highest BCUT2D eigenvalue weighted by Gasteiger charge is 2.21. The van der Waals surface area contributed by atoms with Gasteiger partial charge in [0.25, 0.3) is 5.91 Å². The summed E-state index contributed by atoms with van der Waals surface area (Å²) in [6.07, 6.45) is 4.83. The van der Waals surface area contributed by atoms with Crippen LogP contribution in [0.5, 0.6) is 0 Å². The Bertz CT molecular complexity index is 1220. The fourth-order valence-corrected chi connectivity index (χ4v) is 4.92. The first-order valence-electron chi connectivity index (χ1n) is 10.7. The van der Waals surface area contributed by atoms with Gasteiger partial charge in [0.1, 0.15) is 11.6 Å². The van der Waals surface area contributed by atoms with Crippen LogP contribution in [0.15, 0.2) is 36.4 Å². The molecule has 1 aromatic carbocycles. The summed E-state index contributed by atoms with van der Waals surface area (Å²) in [5.74, 6) is -1.91. The Labute approximate surface area is 199 Å². The van der Waals surface area contributed by atoms with E-state index in [1.807, 2.05) is 12.1 Å². The number of carbonyl (C=O) groups is 1. The normalized spacial score (nSPS) is 16.1. The van der Waals surface area contributed by atoms with Crippen LogP contribution in [-0.2, 0) is 0 Å². The second-order valence-electron chi connectivity index (χ2n) is 8.05. The minimum Gasteiger partial charge on any atom is -0.370 e. The minimum atomic E-state index is -0.726. The second kappa shape index (κ2) is 9.64. The van der Waals surface area contributed by atoms with Crippen molar-refractivity contribution in [3.63, 3.8) is 0 Å². The van der Waals surface area contributed by atoms with E-state index in [-0.39, 0.29) is 23.2 Å². The first kappa shape index (κ1) is 23.4. The molecule has 11 heteroatoms. The van der Waals surface area contributed by atoms with Crippen LogP contribution in [0.4, 0.5) is 14.5 Å². The zero-order valence-corrected chi connectivity index (χ0v) is 19.1. The summed E-state index contributed by atoms with van der Waals surface area (Å²) in [5, 5.41) is 17.4. The lowest BCUT2D eigenvalue weighted by atomic mass is 9.98. The molecule has 34 heavy (non-hydrogen) atoms. The molecule has 0 atom stereocenters. The number of nitrogens with zero attached hydrogens (tertiary/aromatic N) is 2. The molecule has 1 aromatic heterocycles. The van der Waals surface area contributed by atoms with Gasteiger partial charge in [-0.2, -0.15) is 0 Å². The average molecular weight is 486 g/mol. The molecule has 0 unspecified atom stereocenters. The van der Waals surface area contributed by atoms with Gasteiger partial charge >= 0.3 is 0 Å². The number of anilines is 1. The van der Waals surface area contributed by atoms with E-state index in [4.69, 9.17) is 22.3 Å². The highest BCUT2D eigenvalue weighted by Crippen LogP contribution is 2.31. The molecule has 7 N–H and O–H groups in total. The minimum absolute atomic E-state index is 0.0274. The number of halogens is 2. The Morgan fingerprint density at radius 3 is 2.12 bits per heavy atom. The van der Waals surface area contributed by atoms with Crippen molar-refractivity contribution in [1.29, 1.82) is 10.8 Å². The number of amides is 1. The van der Waals surface area contributed by atoms with Gasteiger partial charge in [0.15, 0.2) is 11.9 Å². The van der Waals surface area contributed by atoms with Gasteiger partial charge in [-0.3, -0.25) is 15.6 Å². The Morgan fingerprint density at radius 1 is 0.941 bits per heavy atom. The average Bonchev–Trinajstić information content (AvgIpc) is 3.32. The molecule has 3 heterocycles. The number of nitrogens with two attached hydrogens (primary N) is 2. The van der Waals surface area contributed by atoms with Crippen LogP contribution in [0, 0.1) is 22.5 Å². The summed E-state index contributed by atoms with van der Waals surface area (Å²) in [6.45, 7) is 1.96. The largest absolute Gasteiger partial charge is 0.370 e. The van der Waals surface area contributed by atoms with E-state index in [2.05, 4.69) is 5.32 Å². The van der Waals surface area contributed by atoms with E-state index in [1.54, 1.807) is 21.9 Å². The highest BCUT2D eigenvalue weighted by molar-refractivity contribution is 7.15. The lowest BCUT2D eigenvalue weighted by molar-refractivity contribution is 0.103. The number of hydrogen-bond donors (Lipinski definition) is 5. The van der Waals surface area contributed by atoms with Crippen molar-refractivity contribution in [1.82, 2.24) is 9.80 Å². The van der Waals surface area contributed by atoms with Gasteiger partial charge in [0.05, 0.1) is 10.6 Å². The van der Waals surface area contributed by atoms with Gasteiger partial charge in [-0.25, -0.2) is 8.78 Å². The first-order valence-corrected chi connectivity index (χ1v) is 11.5. The number of hydrogen-bond acceptors (Lipinski definition) is 4. The van der Waals surface area contributed by atoms with Gasteiger partial charge in [0.2, 0.25) is 0 Å². The fraction of sp³-hybridized carbons (Fsp3) is 0.261. The lowest BCUT2D eigenvalue weighted by Crippen LogP contribution is -2.39. The predicted molar refractivity (Wildman–Crippen MR) is 131 cm³/mol. The summed E-state index contributed by atoms with van der Waals surface area (Å²) >= 11 is 1.27. The first-order chi connectivity index (χ1) is 16.2. The maximum absolute atomic E-state index is 14.8. The van der Waals surface area contributed by atoms with Crippen molar-refractivity contribution in [2.45, 2.75) is 12.8 Å². The molecule has 1 amide bonds. The number of nitrogens with one attached hydrogen (secondary N) is 3. The monoisotopic (exact) mass is 485 g/mol. The topological polar surface area (TPSA) is 135 Å². The number of benzene rings is 1. The van der Waals surface area contributed by atoms with E-state index >= 15 is 0 Å². The van der Waals surface area contributed by atoms with Crippen LogP contribution in [-0.4, -0.2) is 53.8 Å². The lowest BCUT2D eigenvalue weighted by Gasteiger charge is -2.26. The van der Waals surface area contributed by atoms with Crippen molar-refractivity contribution in [3.05, 3.63) is 63.4 Å². The molecule has 0 fully saturated rings. The molecule has 2 aromatic rings. The van der Waals surface area contributed by atoms with Gasteiger partial charge in [-0.05, 0) is 42.2 Å². The third-order valence-electron chi connectivity index (χ3n) is 5.90. The van der Waals surface area contributed by atoms with Crippen LogP contribution in [0.25, 0.3) is 11.1 Å². The smallest absolute Gasteiger partial charge is 0.265 e. The summed E-state index contributed by atoms with van der Waals surface area (Å²) in [4.78, 5) is 17.4. The molecule has 0 saturated carbocycles. The number of guanidine groups is 2. The standard InChI is InChI=1S/C23H25F2N7OS/c24-16-12-18(17(25)11-15(16)13-3-7-31(8-4-13)22(26)27)30-21(33)20-2-1-19(34-20)14-5-9-32(10-6-14)23(28)29/h1-3,5,11-12H,4,6-10H2,(H3,26,27)(H3,28,29)(H,30,33). The molecule has 8 nitrogen and oxygen atoms in total. The van der Waals surface area contributed by atoms with Gasteiger partial charge in [-0.1, -0.05) is 12.2 Å². The van der Waals surface area contributed by atoms with Crippen LogP contribution in [0.2, 0.25) is 0 Å². The SMILES string of the molecule is N=C(N)N1CC=C(c2ccc(C(=O)Nc3cc(F)c(C4=CCN(C(=N)N)CC4)cc3F)s2)CC1. The van der Waals surface area contributed by atoms with E-state index in [9.17, 15) is 13.6 Å². The zero-order valence-electron chi connectivity index (χ0n) is 18.3. The number of thiophene rings is 1. The van der Waals surface area contributed by atoms with Crippen molar-refractivity contribution in [2.75, 3.05) is 31.5 Å². The molecule has 0 saturated heterocycles. The van der Waals surface area contributed by atoms with E-state index in [0.29, 0.717) is 49.5 Å². The molecular weight excluding hydrogens is 460 g/mol. The van der Waals surface area contributed by atoms with Crippen molar-refractivity contribution >= 4 is 46.0 Å². The summed E-state index contributed by atoms with van der Waals surface area (Å²) in [5.41, 5.74) is 12.6. The molecule has 0 radical (unpaired) electrons. The molecule has 2 aliphatic heterocycles. The Kier molecular flexibility index (Phi) is 6.64. The molecule has 4 rings (SSSR count). The fourth-order valence-electron chi connectivity index (χ4n) is 3.95. The molecule has 2 aliphatic rings. The predicted octanol–water partition coefficient (Wildman–Crippen LogP) is 3.24. The van der Waals surface area contributed by atoms with Crippen LogP contribution < -0.4 is 16.8 Å². The maximum Gasteiger partial charge on any atom is 0.265 e. The summed E-state index contributed by atoms with van der Waals surface area (Å²) in [7, 11) is 0. The van der Waals surface area contributed by atoms with Crippen LogP contribution >= 0.6 is 11.3 Å². The molecule has 0 bridgehead atoms. The van der Waals surface area contributed by atoms with Crippen molar-refractivity contribution < 1.29 is 13.6 Å². The summed E-state index contributed by atoms with van der Waals surface area (Å²) < 4.78 is 29.5. The number of rotatable bonds is 4. The third kappa shape index (κ3) is 4.93. The number of carbonyl (C=O) groups excluding carboxylic acids is 1. The molecule has 0 spiro atoms. The molecular formula is C23H25F2N7OS. The summed E-state index contributed by atoms with van der Waals surface area (Å²) in [6, 6.07) is 5.57. The molecule has 178 valence electrons. The molecule has 0 aliphatic carbocycles. The van der Waals surface area contributed by atoms with Crippen LogP contribution in [0.3, 0.4) is 0 Å². The Morgan fingerprint density at radius 2 is 1.56 bits per heavy atom. The highest BCUT2D eigenvalue weighted by atomic mass is 32.1. The third-order valence-corrected chi connectivity index (χ3v) is 7.06. The van der Waals surface area contributed by atoms with Gasteiger partial charge in [0, 0.05) is 42.7 Å².